The molecule has 2 aromatic rings. The number of halogens is 1. The summed E-state index contributed by atoms with van der Waals surface area (Å²) in [7, 11) is -3.72. The van der Waals surface area contributed by atoms with E-state index in [0.29, 0.717) is 30.4 Å². The summed E-state index contributed by atoms with van der Waals surface area (Å²) in [5.41, 5.74) is 0.531. The van der Waals surface area contributed by atoms with Crippen LogP contribution in [0.3, 0.4) is 0 Å². The Balaban J connectivity index is 2.01. The zero-order valence-electron chi connectivity index (χ0n) is 12.5. The van der Waals surface area contributed by atoms with Gasteiger partial charge in [-0.15, -0.1) is 0 Å². The quantitative estimate of drug-likeness (QED) is 0.846. The third-order valence-corrected chi connectivity index (χ3v) is 5.58. The van der Waals surface area contributed by atoms with Gasteiger partial charge in [0, 0.05) is 0 Å². The molecule has 0 bridgehead atoms. The Morgan fingerprint density at radius 3 is 2.78 bits per heavy atom. The van der Waals surface area contributed by atoms with Crippen molar-refractivity contribution in [3.63, 3.8) is 0 Å². The smallest absolute Gasteiger partial charge is 0.264 e. The lowest BCUT2D eigenvalue weighted by molar-refractivity contribution is 0.316. The Kier molecular flexibility index (Phi) is 4.37. The molecule has 0 fully saturated rings. The molecule has 0 saturated heterocycles. The molecule has 0 aliphatic carbocycles. The second kappa shape index (κ2) is 6.29. The maximum absolute atomic E-state index is 12.9. The summed E-state index contributed by atoms with van der Waals surface area (Å²) >= 11 is 6.12. The van der Waals surface area contributed by atoms with Gasteiger partial charge < -0.3 is 9.47 Å². The molecule has 0 spiro atoms. The number of sulfonamides is 1. The molecule has 0 atom stereocenters. The Morgan fingerprint density at radius 1 is 1.26 bits per heavy atom. The van der Waals surface area contributed by atoms with E-state index in [1.165, 1.54) is 16.4 Å². The third-order valence-electron chi connectivity index (χ3n) is 3.48. The van der Waals surface area contributed by atoms with Gasteiger partial charge in [0.1, 0.15) is 18.1 Å². The summed E-state index contributed by atoms with van der Waals surface area (Å²) in [6.45, 7) is 2.86. The lowest BCUT2D eigenvalue weighted by Gasteiger charge is -2.30. The summed E-state index contributed by atoms with van der Waals surface area (Å²) in [4.78, 5) is 0.127. The van der Waals surface area contributed by atoms with Crippen molar-refractivity contribution in [3.05, 3.63) is 47.5 Å². The topological polar surface area (TPSA) is 55.8 Å². The van der Waals surface area contributed by atoms with Crippen molar-refractivity contribution in [3.8, 4) is 11.5 Å². The third kappa shape index (κ3) is 2.96. The van der Waals surface area contributed by atoms with Gasteiger partial charge in [-0.1, -0.05) is 23.7 Å². The SMILES string of the molecule is CCOc1ccc(S(=O)(=O)N2CCOc3ccccc32)cc1Cl. The summed E-state index contributed by atoms with van der Waals surface area (Å²) in [5.74, 6) is 1.02. The van der Waals surface area contributed by atoms with E-state index in [-0.39, 0.29) is 16.5 Å². The molecule has 0 N–H and O–H groups in total. The number of anilines is 1. The van der Waals surface area contributed by atoms with E-state index in [1.807, 2.05) is 13.0 Å². The van der Waals surface area contributed by atoms with Gasteiger partial charge in [-0.2, -0.15) is 0 Å². The van der Waals surface area contributed by atoms with E-state index in [1.54, 1.807) is 24.3 Å². The van der Waals surface area contributed by atoms with Gasteiger partial charge in [-0.05, 0) is 37.3 Å². The largest absolute Gasteiger partial charge is 0.492 e. The molecule has 0 amide bonds. The molecule has 1 heterocycles. The van der Waals surface area contributed by atoms with Crippen LogP contribution in [-0.4, -0.2) is 28.2 Å². The first-order valence-electron chi connectivity index (χ1n) is 7.21. The van der Waals surface area contributed by atoms with Gasteiger partial charge >= 0.3 is 0 Å². The maximum atomic E-state index is 12.9. The van der Waals surface area contributed by atoms with Crippen LogP contribution in [0.2, 0.25) is 5.02 Å². The van der Waals surface area contributed by atoms with E-state index >= 15 is 0 Å². The fourth-order valence-corrected chi connectivity index (χ4v) is 4.22. The first-order chi connectivity index (χ1) is 11.0. The Hall–Kier alpha value is -1.92. The summed E-state index contributed by atoms with van der Waals surface area (Å²) in [6, 6.07) is 11.6. The van der Waals surface area contributed by atoms with Gasteiger partial charge in [0.25, 0.3) is 10.0 Å². The average molecular weight is 354 g/mol. The minimum absolute atomic E-state index is 0.127. The monoisotopic (exact) mass is 353 g/mol. The van der Waals surface area contributed by atoms with Gasteiger partial charge in [0.2, 0.25) is 0 Å². The van der Waals surface area contributed by atoms with Gasteiger partial charge in [-0.3, -0.25) is 4.31 Å². The zero-order chi connectivity index (χ0) is 16.4. The number of nitrogens with zero attached hydrogens (tertiary/aromatic N) is 1. The molecule has 2 aromatic carbocycles. The molecule has 0 aromatic heterocycles. The van der Waals surface area contributed by atoms with Crippen molar-refractivity contribution in [2.75, 3.05) is 24.1 Å². The van der Waals surface area contributed by atoms with Gasteiger partial charge in [0.15, 0.2) is 0 Å². The summed E-state index contributed by atoms with van der Waals surface area (Å²) < 4.78 is 38.1. The zero-order valence-corrected chi connectivity index (χ0v) is 14.1. The molecular formula is C16H16ClNO4S. The van der Waals surface area contributed by atoms with Crippen molar-refractivity contribution in [2.24, 2.45) is 0 Å². The van der Waals surface area contributed by atoms with Crippen LogP contribution in [0.25, 0.3) is 0 Å². The highest BCUT2D eigenvalue weighted by atomic mass is 35.5. The van der Waals surface area contributed by atoms with Crippen LogP contribution in [-0.2, 0) is 10.0 Å². The standard InChI is InChI=1S/C16H16ClNO4S/c1-2-21-15-8-7-12(11-13(15)17)23(19,20)18-9-10-22-16-6-4-3-5-14(16)18/h3-8,11H,2,9-10H2,1H3. The van der Waals surface area contributed by atoms with Crippen molar-refractivity contribution < 1.29 is 17.9 Å². The van der Waals surface area contributed by atoms with Crippen LogP contribution in [0, 0.1) is 0 Å². The van der Waals surface area contributed by atoms with E-state index in [0.717, 1.165) is 0 Å². The van der Waals surface area contributed by atoms with Crippen LogP contribution < -0.4 is 13.8 Å². The highest BCUT2D eigenvalue weighted by molar-refractivity contribution is 7.92. The Bertz CT molecular complexity index is 823. The highest BCUT2D eigenvalue weighted by Gasteiger charge is 2.30. The van der Waals surface area contributed by atoms with E-state index < -0.39 is 10.0 Å². The predicted octanol–water partition coefficient (Wildman–Crippen LogP) is 3.33. The number of para-hydroxylation sites is 2. The highest BCUT2D eigenvalue weighted by Crippen LogP contribution is 2.36. The van der Waals surface area contributed by atoms with Crippen LogP contribution in [0.5, 0.6) is 11.5 Å². The molecule has 122 valence electrons. The minimum Gasteiger partial charge on any atom is -0.492 e. The van der Waals surface area contributed by atoms with Crippen LogP contribution in [0.4, 0.5) is 5.69 Å². The van der Waals surface area contributed by atoms with E-state index in [2.05, 4.69) is 0 Å². The number of fused-ring (bicyclic) bond motifs is 1. The predicted molar refractivity (Wildman–Crippen MR) is 89.1 cm³/mol. The van der Waals surface area contributed by atoms with Crippen molar-refractivity contribution in [1.29, 1.82) is 0 Å². The summed E-state index contributed by atoms with van der Waals surface area (Å²) in [5, 5.41) is 0.273. The molecule has 1 aliphatic heterocycles. The van der Waals surface area contributed by atoms with E-state index in [4.69, 9.17) is 21.1 Å². The molecule has 0 unspecified atom stereocenters. The second-order valence-electron chi connectivity index (χ2n) is 4.92. The number of ether oxygens (including phenoxy) is 2. The first kappa shape index (κ1) is 16.0. The normalized spacial score (nSPS) is 14.1. The Morgan fingerprint density at radius 2 is 2.04 bits per heavy atom. The Labute approximate surface area is 140 Å². The molecule has 7 heteroatoms. The minimum atomic E-state index is -3.72. The molecular weight excluding hydrogens is 338 g/mol. The van der Waals surface area contributed by atoms with Crippen LogP contribution >= 0.6 is 11.6 Å². The van der Waals surface area contributed by atoms with Gasteiger partial charge in [-0.25, -0.2) is 8.42 Å². The molecule has 3 rings (SSSR count). The number of benzene rings is 2. The second-order valence-corrected chi connectivity index (χ2v) is 7.19. The van der Waals surface area contributed by atoms with Crippen molar-refractivity contribution >= 4 is 27.3 Å². The van der Waals surface area contributed by atoms with Crippen LogP contribution in [0.1, 0.15) is 6.92 Å². The number of rotatable bonds is 4. The van der Waals surface area contributed by atoms with Crippen LogP contribution in [0.15, 0.2) is 47.4 Å². The lowest BCUT2D eigenvalue weighted by atomic mass is 10.2. The molecule has 0 radical (unpaired) electrons. The molecule has 5 nitrogen and oxygen atoms in total. The van der Waals surface area contributed by atoms with Crippen molar-refractivity contribution in [1.82, 2.24) is 0 Å². The average Bonchev–Trinajstić information content (AvgIpc) is 2.56. The number of hydrogen-bond acceptors (Lipinski definition) is 4. The molecule has 1 aliphatic rings. The fourth-order valence-electron chi connectivity index (χ4n) is 2.44. The summed E-state index contributed by atoms with van der Waals surface area (Å²) in [6.07, 6.45) is 0. The van der Waals surface area contributed by atoms with Gasteiger partial charge in [0.05, 0.1) is 28.8 Å². The number of hydrogen-bond donors (Lipinski definition) is 0. The first-order valence-corrected chi connectivity index (χ1v) is 9.02. The molecule has 23 heavy (non-hydrogen) atoms. The van der Waals surface area contributed by atoms with Crippen molar-refractivity contribution in [2.45, 2.75) is 11.8 Å². The van der Waals surface area contributed by atoms with E-state index in [9.17, 15) is 8.42 Å². The molecule has 0 saturated carbocycles. The maximum Gasteiger partial charge on any atom is 0.264 e. The fraction of sp³-hybridized carbons (Fsp3) is 0.250. The lowest BCUT2D eigenvalue weighted by Crippen LogP contribution is -2.37.